The molecular weight excluding hydrogens is 351 g/mol. The van der Waals surface area contributed by atoms with E-state index >= 15 is 0 Å². The van der Waals surface area contributed by atoms with Crippen LogP contribution in [0.2, 0.25) is 5.02 Å². The van der Waals surface area contributed by atoms with Gasteiger partial charge in [-0.25, -0.2) is 9.97 Å². The number of aryl methyl sites for hydroxylation is 1. The molecule has 0 bridgehead atoms. The third kappa shape index (κ3) is 3.44. The molecule has 4 heterocycles. The first-order chi connectivity index (χ1) is 12.6. The number of nitrogens with zero attached hydrogens (tertiary/aromatic N) is 3. The summed E-state index contributed by atoms with van der Waals surface area (Å²) in [6.07, 6.45) is 9.64. The van der Waals surface area contributed by atoms with Crippen molar-refractivity contribution in [1.82, 2.24) is 19.9 Å². The molecule has 0 atom stereocenters. The lowest BCUT2D eigenvalue weighted by atomic mass is 10.0. The van der Waals surface area contributed by atoms with E-state index in [1.54, 1.807) is 18.6 Å². The Balaban J connectivity index is 1.64. The van der Waals surface area contributed by atoms with Gasteiger partial charge in [0.2, 0.25) is 5.95 Å². The lowest BCUT2D eigenvalue weighted by Crippen LogP contribution is -1.99. The number of nitrogens with one attached hydrogen (secondary N) is 1. The number of H-pyrrole nitrogens is 1. The van der Waals surface area contributed by atoms with Crippen molar-refractivity contribution in [2.24, 2.45) is 0 Å². The number of hydrogen-bond donors (Lipinski definition) is 1. The van der Waals surface area contributed by atoms with Crippen LogP contribution in [0, 0.1) is 12.9 Å². The maximum atomic E-state index is 14.3. The molecule has 0 aliphatic carbocycles. The van der Waals surface area contributed by atoms with E-state index in [0.29, 0.717) is 23.4 Å². The fourth-order valence-corrected chi connectivity index (χ4v) is 3.26. The molecular formula is C20H16ClFN4. The third-order valence-corrected chi connectivity index (χ3v) is 4.48. The minimum atomic E-state index is -0.451. The molecule has 4 nitrogen and oxygen atoms in total. The second kappa shape index (κ2) is 6.84. The van der Waals surface area contributed by atoms with Gasteiger partial charge in [0.1, 0.15) is 5.65 Å². The van der Waals surface area contributed by atoms with E-state index in [0.717, 1.165) is 33.3 Å². The highest BCUT2D eigenvalue weighted by Gasteiger charge is 2.11. The van der Waals surface area contributed by atoms with Crippen molar-refractivity contribution in [2.45, 2.75) is 19.8 Å². The largest absolute Gasteiger partial charge is 0.346 e. The number of hydrogen-bond acceptors (Lipinski definition) is 3. The molecule has 4 aromatic rings. The van der Waals surface area contributed by atoms with Crippen molar-refractivity contribution >= 4 is 22.6 Å². The molecule has 26 heavy (non-hydrogen) atoms. The Kier molecular flexibility index (Phi) is 4.39. The summed E-state index contributed by atoms with van der Waals surface area (Å²) in [6.45, 7) is 1.99. The third-order valence-electron chi connectivity index (χ3n) is 4.27. The predicted octanol–water partition coefficient (Wildman–Crippen LogP) is 4.64. The maximum Gasteiger partial charge on any atom is 0.216 e. The van der Waals surface area contributed by atoms with Gasteiger partial charge in [0.25, 0.3) is 0 Å². The maximum absolute atomic E-state index is 14.3. The summed E-state index contributed by atoms with van der Waals surface area (Å²) in [5, 5.41) is 1.59. The van der Waals surface area contributed by atoms with Crippen molar-refractivity contribution in [1.29, 1.82) is 0 Å². The molecule has 0 saturated heterocycles. The molecule has 0 saturated carbocycles. The van der Waals surface area contributed by atoms with Gasteiger partial charge in [-0.2, -0.15) is 4.39 Å². The highest BCUT2D eigenvalue weighted by atomic mass is 35.5. The topological polar surface area (TPSA) is 54.5 Å². The first-order valence-electron chi connectivity index (χ1n) is 8.24. The van der Waals surface area contributed by atoms with E-state index in [4.69, 9.17) is 11.6 Å². The number of halogens is 2. The normalized spacial score (nSPS) is 11.2. The highest BCUT2D eigenvalue weighted by molar-refractivity contribution is 6.30. The molecule has 0 unspecified atom stereocenters. The Morgan fingerprint density at radius 1 is 0.962 bits per heavy atom. The molecule has 0 spiro atoms. The van der Waals surface area contributed by atoms with Crippen LogP contribution in [0.1, 0.15) is 27.8 Å². The summed E-state index contributed by atoms with van der Waals surface area (Å²) < 4.78 is 14.3. The molecule has 4 aromatic heterocycles. The fraction of sp³-hybridized carbons (Fsp3) is 0.150. The molecule has 0 radical (unpaired) electrons. The zero-order valence-electron chi connectivity index (χ0n) is 14.1. The molecule has 1 N–H and O–H groups in total. The van der Waals surface area contributed by atoms with E-state index in [9.17, 15) is 4.39 Å². The van der Waals surface area contributed by atoms with Crippen molar-refractivity contribution in [3.05, 3.63) is 88.0 Å². The average Bonchev–Trinajstić information content (AvgIpc) is 3.00. The van der Waals surface area contributed by atoms with Gasteiger partial charge in [0, 0.05) is 54.8 Å². The van der Waals surface area contributed by atoms with E-state index in [1.165, 1.54) is 0 Å². The number of rotatable bonds is 4. The average molecular weight is 367 g/mol. The zero-order valence-corrected chi connectivity index (χ0v) is 14.9. The highest BCUT2D eigenvalue weighted by Crippen LogP contribution is 2.22. The van der Waals surface area contributed by atoms with E-state index in [2.05, 4.69) is 26.0 Å². The standard InChI is InChI=1S/C20H16ClFN4/c1-12-2-18-16(10-26-20(18)25-7-12)6-15-4-13(9-24-19(15)22)3-14-5-17(21)11-23-8-14/h2,4-5,7-11H,3,6H2,1H3,(H,25,26). The molecule has 6 heteroatoms. The second-order valence-electron chi connectivity index (χ2n) is 6.38. The monoisotopic (exact) mass is 366 g/mol. The summed E-state index contributed by atoms with van der Waals surface area (Å²) >= 11 is 5.98. The van der Waals surface area contributed by atoms with Gasteiger partial charge in [-0.1, -0.05) is 11.6 Å². The van der Waals surface area contributed by atoms with Crippen LogP contribution in [0.3, 0.4) is 0 Å². The lowest BCUT2D eigenvalue weighted by Gasteiger charge is -2.07. The Hall–Kier alpha value is -2.79. The zero-order chi connectivity index (χ0) is 18.1. The Bertz CT molecular complexity index is 1090. The SMILES string of the molecule is Cc1cnc2[nH]cc(Cc3cc(Cc4cncc(Cl)c4)cnc3F)c2c1. The van der Waals surface area contributed by atoms with E-state index in [-0.39, 0.29) is 0 Å². The van der Waals surface area contributed by atoms with Crippen molar-refractivity contribution in [3.8, 4) is 0 Å². The predicted molar refractivity (Wildman–Crippen MR) is 99.9 cm³/mol. The fourth-order valence-electron chi connectivity index (χ4n) is 3.07. The molecule has 4 rings (SSSR count). The first-order valence-corrected chi connectivity index (χ1v) is 8.61. The molecule has 0 aromatic carbocycles. The van der Waals surface area contributed by atoms with Gasteiger partial charge in [0.05, 0.1) is 5.02 Å². The van der Waals surface area contributed by atoms with E-state index < -0.39 is 5.95 Å². The van der Waals surface area contributed by atoms with Gasteiger partial charge in [-0.3, -0.25) is 4.98 Å². The molecule has 0 aliphatic heterocycles. The Morgan fingerprint density at radius 2 is 1.81 bits per heavy atom. The van der Waals surface area contributed by atoms with Crippen LogP contribution in [0.15, 0.2) is 49.2 Å². The smallest absolute Gasteiger partial charge is 0.216 e. The van der Waals surface area contributed by atoms with Crippen LogP contribution in [0.5, 0.6) is 0 Å². The van der Waals surface area contributed by atoms with Crippen LogP contribution in [-0.4, -0.2) is 19.9 Å². The molecule has 0 aliphatic rings. The summed E-state index contributed by atoms with van der Waals surface area (Å²) in [5.41, 5.74) is 5.31. The molecule has 130 valence electrons. The van der Waals surface area contributed by atoms with Gasteiger partial charge in [0.15, 0.2) is 0 Å². The van der Waals surface area contributed by atoms with Crippen LogP contribution in [-0.2, 0) is 12.8 Å². The summed E-state index contributed by atoms with van der Waals surface area (Å²) in [5.74, 6) is -0.451. The minimum Gasteiger partial charge on any atom is -0.346 e. The van der Waals surface area contributed by atoms with Gasteiger partial charge in [-0.15, -0.1) is 0 Å². The van der Waals surface area contributed by atoms with Crippen LogP contribution >= 0.6 is 11.6 Å². The molecule has 0 fully saturated rings. The van der Waals surface area contributed by atoms with Gasteiger partial charge < -0.3 is 4.98 Å². The summed E-state index contributed by atoms with van der Waals surface area (Å²) in [4.78, 5) is 15.5. The minimum absolute atomic E-state index is 0.450. The number of aromatic amines is 1. The van der Waals surface area contributed by atoms with Crippen molar-refractivity contribution in [2.75, 3.05) is 0 Å². The van der Waals surface area contributed by atoms with Crippen LogP contribution in [0.25, 0.3) is 11.0 Å². The quantitative estimate of drug-likeness (QED) is 0.535. The second-order valence-corrected chi connectivity index (χ2v) is 6.82. The number of aromatic nitrogens is 4. The van der Waals surface area contributed by atoms with Gasteiger partial charge >= 0.3 is 0 Å². The van der Waals surface area contributed by atoms with Gasteiger partial charge in [-0.05, 0) is 47.4 Å². The van der Waals surface area contributed by atoms with Crippen LogP contribution in [0.4, 0.5) is 4.39 Å². The number of fused-ring (bicyclic) bond motifs is 1. The Labute approximate surface area is 155 Å². The first kappa shape index (κ1) is 16.7. The summed E-state index contributed by atoms with van der Waals surface area (Å²) in [7, 11) is 0. The van der Waals surface area contributed by atoms with Crippen molar-refractivity contribution < 1.29 is 4.39 Å². The summed E-state index contributed by atoms with van der Waals surface area (Å²) in [6, 6.07) is 5.76. The molecule has 0 amide bonds. The number of pyridine rings is 3. The van der Waals surface area contributed by atoms with Crippen molar-refractivity contribution in [3.63, 3.8) is 0 Å². The van der Waals surface area contributed by atoms with E-state index in [1.807, 2.05) is 31.5 Å². The Morgan fingerprint density at radius 3 is 2.65 bits per heavy atom. The lowest BCUT2D eigenvalue weighted by molar-refractivity contribution is 0.569. The van der Waals surface area contributed by atoms with Crippen LogP contribution < -0.4 is 0 Å².